The fourth-order valence-corrected chi connectivity index (χ4v) is 4.63. The summed E-state index contributed by atoms with van der Waals surface area (Å²) in [5.74, 6) is -0.977. The van der Waals surface area contributed by atoms with Gasteiger partial charge in [0.05, 0.1) is 12.3 Å². The highest BCUT2D eigenvalue weighted by Gasteiger charge is 2.52. The van der Waals surface area contributed by atoms with Crippen molar-refractivity contribution in [1.29, 1.82) is 0 Å². The zero-order valence-electron chi connectivity index (χ0n) is 18.7. The molecule has 4 rings (SSSR count). The highest BCUT2D eigenvalue weighted by atomic mass is 16.5. The van der Waals surface area contributed by atoms with Gasteiger partial charge in [-0.3, -0.25) is 19.5 Å². The molecule has 10 nitrogen and oxygen atoms in total. The van der Waals surface area contributed by atoms with Crippen molar-refractivity contribution in [1.82, 2.24) is 15.5 Å². The Balaban J connectivity index is 1.33. The van der Waals surface area contributed by atoms with Gasteiger partial charge >= 0.3 is 12.0 Å². The number of carbonyl (C=O) groups is 4. The highest BCUT2D eigenvalue weighted by molar-refractivity contribution is 6.38. The van der Waals surface area contributed by atoms with Crippen LogP contribution in [0.3, 0.4) is 0 Å². The number of rotatable bonds is 8. The first-order chi connectivity index (χ1) is 15.9. The predicted octanol–water partition coefficient (Wildman–Crippen LogP) is 1.56. The lowest BCUT2D eigenvalue weighted by atomic mass is 9.98. The lowest BCUT2D eigenvalue weighted by Gasteiger charge is -2.23. The molecule has 2 aliphatic heterocycles. The van der Waals surface area contributed by atoms with E-state index in [1.165, 1.54) is 9.91 Å². The second kappa shape index (κ2) is 9.60. The lowest BCUT2D eigenvalue weighted by molar-refractivity contribution is -0.135. The predicted molar refractivity (Wildman–Crippen MR) is 120 cm³/mol. The molecule has 1 unspecified atom stereocenters. The molecule has 0 radical (unpaired) electrons. The van der Waals surface area contributed by atoms with Gasteiger partial charge in [-0.15, -0.1) is 0 Å². The van der Waals surface area contributed by atoms with Crippen molar-refractivity contribution in [3.05, 3.63) is 30.3 Å². The standard InChI is InChI=1S/C23H29N5O5/c1-2-33-20(30)17-15-18(28(26-17)16-9-4-3-5-10-16)19(29)24-13-8-14-27-21(31)23(25-22(27)32)11-6-7-12-23/h3-5,9-10,18H,2,6-8,11-15H2,1H3,(H,24,29)(H,25,32). The van der Waals surface area contributed by atoms with Gasteiger partial charge in [0.25, 0.3) is 5.91 Å². The summed E-state index contributed by atoms with van der Waals surface area (Å²) in [5, 5.41) is 11.6. The molecule has 4 amide bonds. The minimum atomic E-state index is -0.721. The van der Waals surface area contributed by atoms with Crippen molar-refractivity contribution < 1.29 is 23.9 Å². The van der Waals surface area contributed by atoms with Crippen molar-refractivity contribution in [3.8, 4) is 0 Å². The summed E-state index contributed by atoms with van der Waals surface area (Å²) in [6.07, 6.45) is 3.81. The van der Waals surface area contributed by atoms with Crippen LogP contribution in [0.25, 0.3) is 0 Å². The van der Waals surface area contributed by atoms with Gasteiger partial charge in [0.1, 0.15) is 17.3 Å². The third kappa shape index (κ3) is 4.55. The molecule has 1 aliphatic carbocycles. The molecule has 33 heavy (non-hydrogen) atoms. The number of urea groups is 1. The van der Waals surface area contributed by atoms with E-state index in [4.69, 9.17) is 4.74 Å². The van der Waals surface area contributed by atoms with Gasteiger partial charge in [-0.1, -0.05) is 31.0 Å². The number of imide groups is 1. The Labute approximate surface area is 192 Å². The average molecular weight is 456 g/mol. The molecule has 1 saturated heterocycles. The average Bonchev–Trinajstić information content (AvgIpc) is 3.52. The molecule has 2 fully saturated rings. The Bertz CT molecular complexity index is 957. The third-order valence-electron chi connectivity index (χ3n) is 6.31. The molecule has 1 aromatic rings. The van der Waals surface area contributed by atoms with Gasteiger partial charge in [0, 0.05) is 19.5 Å². The molecular formula is C23H29N5O5. The lowest BCUT2D eigenvalue weighted by Crippen LogP contribution is -2.45. The van der Waals surface area contributed by atoms with Crippen LogP contribution in [0.4, 0.5) is 10.5 Å². The molecule has 1 saturated carbocycles. The van der Waals surface area contributed by atoms with Crippen LogP contribution >= 0.6 is 0 Å². The monoisotopic (exact) mass is 455 g/mol. The second-order valence-corrected chi connectivity index (χ2v) is 8.49. The quantitative estimate of drug-likeness (QED) is 0.349. The summed E-state index contributed by atoms with van der Waals surface area (Å²) in [6, 6.07) is 8.10. The van der Waals surface area contributed by atoms with Crippen LogP contribution in [0.5, 0.6) is 0 Å². The molecule has 1 atom stereocenters. The van der Waals surface area contributed by atoms with Crippen molar-refractivity contribution in [2.75, 3.05) is 24.7 Å². The fraction of sp³-hybridized carbons (Fsp3) is 0.522. The molecule has 3 aliphatic rings. The van der Waals surface area contributed by atoms with Gasteiger partial charge in [-0.05, 0) is 38.3 Å². The fourth-order valence-electron chi connectivity index (χ4n) is 4.63. The Morgan fingerprint density at radius 3 is 2.64 bits per heavy atom. The molecule has 1 spiro atoms. The molecule has 2 heterocycles. The van der Waals surface area contributed by atoms with E-state index in [2.05, 4.69) is 15.7 Å². The van der Waals surface area contributed by atoms with E-state index >= 15 is 0 Å². The van der Waals surface area contributed by atoms with Crippen LogP contribution < -0.4 is 15.6 Å². The third-order valence-corrected chi connectivity index (χ3v) is 6.31. The van der Waals surface area contributed by atoms with E-state index in [9.17, 15) is 19.2 Å². The molecule has 10 heteroatoms. The van der Waals surface area contributed by atoms with E-state index in [1.807, 2.05) is 30.3 Å². The minimum absolute atomic E-state index is 0.134. The number of carbonyl (C=O) groups excluding carboxylic acids is 4. The molecule has 176 valence electrons. The molecule has 0 aromatic heterocycles. The van der Waals surface area contributed by atoms with Crippen LogP contribution in [-0.2, 0) is 19.1 Å². The Hall–Kier alpha value is -3.43. The zero-order valence-corrected chi connectivity index (χ0v) is 18.7. The molecule has 0 bridgehead atoms. The number of hydrazone groups is 1. The maximum absolute atomic E-state index is 12.9. The summed E-state index contributed by atoms with van der Waals surface area (Å²) < 4.78 is 5.05. The number of nitrogens with one attached hydrogen (secondary N) is 2. The van der Waals surface area contributed by atoms with Crippen LogP contribution in [0.1, 0.15) is 45.4 Å². The number of amides is 4. The van der Waals surface area contributed by atoms with Gasteiger partial charge in [-0.2, -0.15) is 5.10 Å². The molecular weight excluding hydrogens is 426 g/mol. The van der Waals surface area contributed by atoms with E-state index in [1.54, 1.807) is 6.92 Å². The van der Waals surface area contributed by atoms with Crippen molar-refractivity contribution in [2.24, 2.45) is 5.10 Å². The number of benzene rings is 1. The van der Waals surface area contributed by atoms with Crippen LogP contribution in [0.15, 0.2) is 35.4 Å². The minimum Gasteiger partial charge on any atom is -0.461 e. The number of hydrogen-bond donors (Lipinski definition) is 2. The first kappa shape index (κ1) is 22.8. The normalized spacial score (nSPS) is 21.4. The van der Waals surface area contributed by atoms with Gasteiger partial charge in [0.2, 0.25) is 5.91 Å². The molecule has 1 aromatic carbocycles. The number of anilines is 1. The maximum Gasteiger partial charge on any atom is 0.354 e. The van der Waals surface area contributed by atoms with E-state index in [-0.39, 0.29) is 49.7 Å². The maximum atomic E-state index is 12.9. The van der Waals surface area contributed by atoms with Crippen LogP contribution in [-0.4, -0.2) is 65.7 Å². The topological polar surface area (TPSA) is 120 Å². The summed E-state index contributed by atoms with van der Waals surface area (Å²) >= 11 is 0. The SMILES string of the molecule is CCOC(=O)C1=NN(c2ccccc2)C(C(=O)NCCCN2C(=O)NC3(CCCC3)C2=O)C1. The number of nitrogens with zero attached hydrogens (tertiary/aromatic N) is 3. The van der Waals surface area contributed by atoms with E-state index < -0.39 is 17.6 Å². The summed E-state index contributed by atoms with van der Waals surface area (Å²) in [6.45, 7) is 2.47. The Morgan fingerprint density at radius 1 is 1.21 bits per heavy atom. The first-order valence-electron chi connectivity index (χ1n) is 11.5. The summed E-state index contributed by atoms with van der Waals surface area (Å²) in [5.41, 5.74) is 0.168. The number of para-hydroxylation sites is 1. The first-order valence-corrected chi connectivity index (χ1v) is 11.5. The smallest absolute Gasteiger partial charge is 0.354 e. The Kier molecular flexibility index (Phi) is 6.62. The van der Waals surface area contributed by atoms with Gasteiger partial charge < -0.3 is 15.4 Å². The van der Waals surface area contributed by atoms with Crippen molar-refractivity contribution >= 4 is 35.2 Å². The van der Waals surface area contributed by atoms with Gasteiger partial charge in [-0.25, -0.2) is 9.59 Å². The van der Waals surface area contributed by atoms with Crippen molar-refractivity contribution in [3.63, 3.8) is 0 Å². The molecule has 2 N–H and O–H groups in total. The zero-order chi connectivity index (χ0) is 23.4. The van der Waals surface area contributed by atoms with Crippen LogP contribution in [0, 0.1) is 0 Å². The van der Waals surface area contributed by atoms with E-state index in [0.717, 1.165) is 12.8 Å². The summed E-state index contributed by atoms with van der Waals surface area (Å²) in [7, 11) is 0. The van der Waals surface area contributed by atoms with Crippen LogP contribution in [0.2, 0.25) is 0 Å². The number of esters is 1. The summed E-state index contributed by atoms with van der Waals surface area (Å²) in [4.78, 5) is 51.4. The highest BCUT2D eigenvalue weighted by Crippen LogP contribution is 2.35. The largest absolute Gasteiger partial charge is 0.461 e. The number of hydrogen-bond acceptors (Lipinski definition) is 7. The number of ether oxygens (including phenoxy) is 1. The second-order valence-electron chi connectivity index (χ2n) is 8.49. The van der Waals surface area contributed by atoms with Gasteiger partial charge in [0.15, 0.2) is 0 Å². The van der Waals surface area contributed by atoms with E-state index in [0.29, 0.717) is 24.9 Å². The Morgan fingerprint density at radius 2 is 1.94 bits per heavy atom. The van der Waals surface area contributed by atoms with Crippen molar-refractivity contribution in [2.45, 2.75) is 57.0 Å².